The van der Waals surface area contributed by atoms with Gasteiger partial charge in [-0.05, 0) is 43.5 Å². The van der Waals surface area contributed by atoms with Gasteiger partial charge in [0.2, 0.25) is 11.8 Å². The number of esters is 1. The number of rotatable bonds is 3. The fraction of sp³-hybridized carbons (Fsp3) is 0.318. The molecule has 0 N–H and O–H groups in total. The van der Waals surface area contributed by atoms with E-state index in [-0.39, 0.29) is 29.4 Å². The topological polar surface area (TPSA) is 63.7 Å². The number of ether oxygens (including phenoxy) is 1. The van der Waals surface area contributed by atoms with Gasteiger partial charge in [0, 0.05) is 0 Å². The number of carbonyl (C=O) groups excluding carboxylic acids is 3. The number of benzene rings is 2. The number of hydrogen-bond donors (Lipinski definition) is 0. The lowest BCUT2D eigenvalue weighted by molar-refractivity contribution is -0.122. The quantitative estimate of drug-likeness (QED) is 0.471. The summed E-state index contributed by atoms with van der Waals surface area (Å²) < 4.78 is 5.59. The van der Waals surface area contributed by atoms with Crippen molar-refractivity contribution in [3.63, 3.8) is 0 Å². The Kier molecular flexibility index (Phi) is 4.52. The maximum Gasteiger partial charge on any atom is 0.343 e. The summed E-state index contributed by atoms with van der Waals surface area (Å²) in [5.74, 6) is -1.12. The van der Waals surface area contributed by atoms with Crippen molar-refractivity contribution < 1.29 is 19.1 Å². The summed E-state index contributed by atoms with van der Waals surface area (Å²) in [6.07, 6.45) is 3.43. The number of amides is 2. The molecule has 138 valence electrons. The van der Waals surface area contributed by atoms with Gasteiger partial charge in [0.05, 0.1) is 23.1 Å². The van der Waals surface area contributed by atoms with E-state index in [1.807, 2.05) is 19.1 Å². The first-order chi connectivity index (χ1) is 13.1. The highest BCUT2D eigenvalue weighted by Crippen LogP contribution is 2.42. The molecule has 2 aromatic rings. The number of aryl methyl sites for hydroxylation is 1. The number of para-hydroxylation sites is 2. The Morgan fingerprint density at radius 2 is 1.52 bits per heavy atom. The van der Waals surface area contributed by atoms with Crippen LogP contribution in [0.2, 0.25) is 0 Å². The summed E-state index contributed by atoms with van der Waals surface area (Å²) in [6.45, 7) is 1.83. The molecule has 4 rings (SSSR count). The molecule has 2 aliphatic rings. The SMILES string of the molecule is Cc1ccccc1C(=O)Oc1ccccc1N1C(=O)[C@H]2CCCC[C@@H]2C1=O. The van der Waals surface area contributed by atoms with Crippen molar-refractivity contribution in [2.75, 3.05) is 4.90 Å². The van der Waals surface area contributed by atoms with Gasteiger partial charge >= 0.3 is 5.97 Å². The normalized spacial score (nSPS) is 21.9. The van der Waals surface area contributed by atoms with Gasteiger partial charge in [-0.1, -0.05) is 43.2 Å². The van der Waals surface area contributed by atoms with Crippen LogP contribution in [0.25, 0.3) is 0 Å². The number of anilines is 1. The van der Waals surface area contributed by atoms with Crippen LogP contribution in [0.15, 0.2) is 48.5 Å². The second-order valence-electron chi connectivity index (χ2n) is 7.18. The van der Waals surface area contributed by atoms with E-state index in [0.29, 0.717) is 11.3 Å². The van der Waals surface area contributed by atoms with Crippen LogP contribution in [0.3, 0.4) is 0 Å². The fourth-order valence-electron chi connectivity index (χ4n) is 4.08. The molecule has 1 saturated heterocycles. The first-order valence-electron chi connectivity index (χ1n) is 9.32. The minimum Gasteiger partial charge on any atom is -0.421 e. The van der Waals surface area contributed by atoms with Crippen LogP contribution in [0.5, 0.6) is 5.75 Å². The highest BCUT2D eigenvalue weighted by molar-refractivity contribution is 6.22. The van der Waals surface area contributed by atoms with E-state index in [1.165, 1.54) is 4.90 Å². The van der Waals surface area contributed by atoms with Gasteiger partial charge in [-0.25, -0.2) is 9.69 Å². The molecular weight excluding hydrogens is 342 g/mol. The number of fused-ring (bicyclic) bond motifs is 1. The molecule has 0 bridgehead atoms. The molecule has 27 heavy (non-hydrogen) atoms. The summed E-state index contributed by atoms with van der Waals surface area (Å²) in [7, 11) is 0. The average Bonchev–Trinajstić information content (AvgIpc) is 2.94. The smallest absolute Gasteiger partial charge is 0.343 e. The minimum atomic E-state index is -0.503. The predicted molar refractivity (Wildman–Crippen MR) is 101 cm³/mol. The first-order valence-corrected chi connectivity index (χ1v) is 9.32. The van der Waals surface area contributed by atoms with Gasteiger partial charge in [-0.2, -0.15) is 0 Å². The van der Waals surface area contributed by atoms with Gasteiger partial charge in [0.1, 0.15) is 0 Å². The van der Waals surface area contributed by atoms with E-state index >= 15 is 0 Å². The molecule has 2 fully saturated rings. The number of nitrogens with zero attached hydrogens (tertiary/aromatic N) is 1. The molecule has 1 aliphatic heterocycles. The molecule has 1 aliphatic carbocycles. The van der Waals surface area contributed by atoms with Crippen LogP contribution in [-0.2, 0) is 9.59 Å². The zero-order valence-corrected chi connectivity index (χ0v) is 15.2. The molecule has 5 nitrogen and oxygen atoms in total. The van der Waals surface area contributed by atoms with Crippen molar-refractivity contribution in [2.24, 2.45) is 11.8 Å². The molecule has 0 aromatic heterocycles. The number of imide groups is 1. The average molecular weight is 363 g/mol. The largest absolute Gasteiger partial charge is 0.421 e. The summed E-state index contributed by atoms with van der Waals surface area (Å²) >= 11 is 0. The van der Waals surface area contributed by atoms with Crippen molar-refractivity contribution >= 4 is 23.5 Å². The summed E-state index contributed by atoms with van der Waals surface area (Å²) in [6, 6.07) is 13.9. The van der Waals surface area contributed by atoms with Gasteiger partial charge in [-0.15, -0.1) is 0 Å². The molecule has 0 unspecified atom stereocenters. The van der Waals surface area contributed by atoms with Crippen LogP contribution in [0, 0.1) is 18.8 Å². The Labute approximate surface area is 157 Å². The van der Waals surface area contributed by atoms with Crippen LogP contribution < -0.4 is 9.64 Å². The van der Waals surface area contributed by atoms with Crippen LogP contribution in [0.1, 0.15) is 41.6 Å². The molecule has 2 aromatic carbocycles. The van der Waals surface area contributed by atoms with Gasteiger partial charge in [0.25, 0.3) is 0 Å². The van der Waals surface area contributed by atoms with E-state index in [0.717, 1.165) is 31.2 Å². The highest BCUT2D eigenvalue weighted by Gasteiger charge is 2.49. The van der Waals surface area contributed by atoms with E-state index in [9.17, 15) is 14.4 Å². The van der Waals surface area contributed by atoms with Crippen LogP contribution in [0.4, 0.5) is 5.69 Å². The van der Waals surface area contributed by atoms with E-state index in [4.69, 9.17) is 4.74 Å². The first kappa shape index (κ1) is 17.5. The third-order valence-electron chi connectivity index (χ3n) is 5.51. The van der Waals surface area contributed by atoms with Gasteiger partial charge in [-0.3, -0.25) is 9.59 Å². The Balaban J connectivity index is 1.66. The summed E-state index contributed by atoms with van der Waals surface area (Å²) in [5, 5.41) is 0. The van der Waals surface area contributed by atoms with Crippen molar-refractivity contribution in [3.05, 3.63) is 59.7 Å². The van der Waals surface area contributed by atoms with Crippen molar-refractivity contribution in [2.45, 2.75) is 32.6 Å². The van der Waals surface area contributed by atoms with E-state index < -0.39 is 5.97 Å². The highest BCUT2D eigenvalue weighted by atomic mass is 16.5. The fourth-order valence-corrected chi connectivity index (χ4v) is 4.08. The second kappa shape index (κ2) is 6.99. The van der Waals surface area contributed by atoms with Gasteiger partial charge in [0.15, 0.2) is 5.75 Å². The van der Waals surface area contributed by atoms with Crippen LogP contribution >= 0.6 is 0 Å². The Hall–Kier alpha value is -2.95. The van der Waals surface area contributed by atoms with E-state index in [1.54, 1.807) is 36.4 Å². The zero-order chi connectivity index (χ0) is 19.0. The van der Waals surface area contributed by atoms with Crippen molar-refractivity contribution in [1.82, 2.24) is 0 Å². The van der Waals surface area contributed by atoms with Crippen molar-refractivity contribution in [1.29, 1.82) is 0 Å². The molecule has 5 heteroatoms. The predicted octanol–water partition coefficient (Wildman–Crippen LogP) is 3.89. The Morgan fingerprint density at radius 1 is 0.926 bits per heavy atom. The lowest BCUT2D eigenvalue weighted by atomic mass is 9.81. The van der Waals surface area contributed by atoms with Crippen molar-refractivity contribution in [3.8, 4) is 5.75 Å². The minimum absolute atomic E-state index is 0.177. The molecule has 2 atom stereocenters. The molecule has 1 saturated carbocycles. The maximum atomic E-state index is 12.9. The Bertz CT molecular complexity index is 896. The lowest BCUT2D eigenvalue weighted by Gasteiger charge is -2.19. The second-order valence-corrected chi connectivity index (χ2v) is 7.18. The molecule has 0 radical (unpaired) electrons. The third-order valence-corrected chi connectivity index (χ3v) is 5.51. The molecule has 1 heterocycles. The zero-order valence-electron chi connectivity index (χ0n) is 15.2. The summed E-state index contributed by atoms with van der Waals surface area (Å²) in [4.78, 5) is 39.6. The van der Waals surface area contributed by atoms with Crippen LogP contribution in [-0.4, -0.2) is 17.8 Å². The Morgan fingerprint density at radius 3 is 2.19 bits per heavy atom. The maximum absolute atomic E-state index is 12.9. The monoisotopic (exact) mass is 363 g/mol. The lowest BCUT2D eigenvalue weighted by Crippen LogP contribution is -2.31. The standard InChI is InChI=1S/C22H21NO4/c1-14-8-2-3-9-15(14)22(26)27-19-13-7-6-12-18(19)23-20(24)16-10-4-5-11-17(16)21(23)25/h2-3,6-9,12-13,16-17H,4-5,10-11H2,1H3/t16-,17-/m0/s1. The summed E-state index contributed by atoms with van der Waals surface area (Å²) in [5.41, 5.74) is 1.61. The molecular formula is C22H21NO4. The van der Waals surface area contributed by atoms with E-state index in [2.05, 4.69) is 0 Å². The number of carbonyl (C=O) groups is 3. The molecule has 0 spiro atoms. The molecule has 2 amide bonds. The third kappa shape index (κ3) is 3.03. The van der Waals surface area contributed by atoms with Gasteiger partial charge < -0.3 is 4.74 Å². The number of hydrogen-bond acceptors (Lipinski definition) is 4.